The van der Waals surface area contributed by atoms with Gasteiger partial charge < -0.3 is 5.73 Å². The fourth-order valence-corrected chi connectivity index (χ4v) is 1.63. The molecule has 0 bridgehead atoms. The van der Waals surface area contributed by atoms with Crippen LogP contribution >= 0.6 is 0 Å². The predicted molar refractivity (Wildman–Crippen MR) is 59.7 cm³/mol. The number of nitrogens with two attached hydrogens (primary N) is 1. The molecular formula is C11H11F3N4. The van der Waals surface area contributed by atoms with Crippen LogP contribution in [0.3, 0.4) is 0 Å². The molecule has 4 nitrogen and oxygen atoms in total. The molecule has 2 aromatic rings. The molecule has 1 heterocycles. The molecule has 0 aliphatic carbocycles. The third-order valence-corrected chi connectivity index (χ3v) is 2.49. The molecule has 0 aliphatic heterocycles. The van der Waals surface area contributed by atoms with Gasteiger partial charge in [0.05, 0.1) is 5.56 Å². The van der Waals surface area contributed by atoms with Gasteiger partial charge in [-0.1, -0.05) is 18.2 Å². The summed E-state index contributed by atoms with van der Waals surface area (Å²) in [6.07, 6.45) is -4.08. The number of halogens is 3. The fraction of sp³-hybridized carbons (Fsp3) is 0.273. The van der Waals surface area contributed by atoms with Crippen LogP contribution in [0.2, 0.25) is 0 Å². The zero-order valence-electron chi connectivity index (χ0n) is 9.57. The minimum atomic E-state index is -4.34. The number of anilines is 1. The van der Waals surface area contributed by atoms with Crippen molar-refractivity contribution in [2.45, 2.75) is 12.6 Å². The summed E-state index contributed by atoms with van der Waals surface area (Å²) in [7, 11) is 1.65. The van der Waals surface area contributed by atoms with Crippen LogP contribution in [0.25, 0.3) is 0 Å². The molecule has 18 heavy (non-hydrogen) atoms. The first-order valence-corrected chi connectivity index (χ1v) is 5.18. The summed E-state index contributed by atoms with van der Waals surface area (Å²) in [4.78, 5) is 3.95. The number of hydrogen-bond acceptors (Lipinski definition) is 3. The summed E-state index contributed by atoms with van der Waals surface area (Å²) in [5, 5.41) is 3.84. The minimum Gasteiger partial charge on any atom is -0.366 e. The maximum Gasteiger partial charge on any atom is 0.416 e. The molecule has 1 aromatic carbocycles. The van der Waals surface area contributed by atoms with E-state index in [1.165, 1.54) is 10.7 Å². The first-order chi connectivity index (χ1) is 8.36. The SMILES string of the molecule is Cn1nc(N)nc1Cc1cccc(C(F)(F)F)c1. The molecule has 0 radical (unpaired) electrons. The standard InChI is InChI=1S/C11H11F3N4/c1-18-9(16-10(15)17-18)6-7-3-2-4-8(5-7)11(12,13)14/h2-5H,6H2,1H3,(H2,15,17). The highest BCUT2D eigenvalue weighted by atomic mass is 19.4. The quantitative estimate of drug-likeness (QED) is 0.894. The summed E-state index contributed by atoms with van der Waals surface area (Å²) in [6, 6.07) is 5.12. The zero-order chi connectivity index (χ0) is 13.3. The van der Waals surface area contributed by atoms with Crippen molar-refractivity contribution in [3.63, 3.8) is 0 Å². The topological polar surface area (TPSA) is 56.7 Å². The van der Waals surface area contributed by atoms with Crippen molar-refractivity contribution in [2.75, 3.05) is 5.73 Å². The number of aromatic nitrogens is 3. The van der Waals surface area contributed by atoms with Crippen molar-refractivity contribution < 1.29 is 13.2 Å². The Morgan fingerprint density at radius 3 is 2.61 bits per heavy atom. The van der Waals surface area contributed by atoms with Crippen LogP contribution in [-0.4, -0.2) is 14.8 Å². The van der Waals surface area contributed by atoms with Crippen molar-refractivity contribution in [2.24, 2.45) is 7.05 Å². The Morgan fingerprint density at radius 1 is 1.33 bits per heavy atom. The van der Waals surface area contributed by atoms with Gasteiger partial charge in [0.2, 0.25) is 5.95 Å². The van der Waals surface area contributed by atoms with Crippen molar-refractivity contribution in [3.8, 4) is 0 Å². The Balaban J connectivity index is 2.27. The number of rotatable bonds is 2. The second kappa shape index (κ2) is 4.32. The molecule has 0 spiro atoms. The van der Waals surface area contributed by atoms with Crippen molar-refractivity contribution in [1.29, 1.82) is 0 Å². The molecule has 7 heteroatoms. The van der Waals surface area contributed by atoms with Crippen LogP contribution < -0.4 is 5.73 Å². The lowest BCUT2D eigenvalue weighted by molar-refractivity contribution is -0.137. The largest absolute Gasteiger partial charge is 0.416 e. The van der Waals surface area contributed by atoms with Crippen LogP contribution in [0.4, 0.5) is 19.1 Å². The first kappa shape index (κ1) is 12.4. The third-order valence-electron chi connectivity index (χ3n) is 2.49. The third kappa shape index (κ3) is 2.61. The van der Waals surface area contributed by atoms with Gasteiger partial charge in [-0.3, -0.25) is 4.68 Å². The Labute approximate surface area is 101 Å². The summed E-state index contributed by atoms with van der Waals surface area (Å²) in [5.41, 5.74) is 5.25. The normalized spacial score (nSPS) is 11.8. The van der Waals surface area contributed by atoms with Crippen molar-refractivity contribution in [3.05, 3.63) is 41.2 Å². The number of alkyl halides is 3. The summed E-state index contributed by atoms with van der Waals surface area (Å²) in [5.74, 6) is 0.631. The summed E-state index contributed by atoms with van der Waals surface area (Å²) < 4.78 is 39.1. The van der Waals surface area contributed by atoms with E-state index in [0.717, 1.165) is 12.1 Å². The lowest BCUT2D eigenvalue weighted by Crippen LogP contribution is -2.06. The van der Waals surface area contributed by atoms with Gasteiger partial charge in [0.1, 0.15) is 5.82 Å². The lowest BCUT2D eigenvalue weighted by Gasteiger charge is -2.08. The van der Waals surface area contributed by atoms with Gasteiger partial charge in [-0.05, 0) is 11.6 Å². The van der Waals surface area contributed by atoms with E-state index in [4.69, 9.17) is 5.73 Å². The van der Waals surface area contributed by atoms with E-state index >= 15 is 0 Å². The molecule has 0 saturated heterocycles. The molecule has 0 aliphatic rings. The lowest BCUT2D eigenvalue weighted by atomic mass is 10.1. The van der Waals surface area contributed by atoms with E-state index in [1.54, 1.807) is 13.1 Å². The van der Waals surface area contributed by atoms with E-state index in [9.17, 15) is 13.2 Å². The Bertz CT molecular complexity index is 560. The molecule has 0 fully saturated rings. The maximum absolute atomic E-state index is 12.5. The molecule has 2 rings (SSSR count). The van der Waals surface area contributed by atoms with Crippen molar-refractivity contribution >= 4 is 5.95 Å². The van der Waals surface area contributed by atoms with Gasteiger partial charge in [0.25, 0.3) is 0 Å². The molecule has 1 aromatic heterocycles. The van der Waals surface area contributed by atoms with E-state index in [0.29, 0.717) is 11.4 Å². The van der Waals surface area contributed by atoms with Gasteiger partial charge in [-0.25, -0.2) is 0 Å². The van der Waals surface area contributed by atoms with E-state index in [2.05, 4.69) is 10.1 Å². The maximum atomic E-state index is 12.5. The molecule has 0 saturated carbocycles. The van der Waals surface area contributed by atoms with E-state index in [1.807, 2.05) is 0 Å². The molecule has 96 valence electrons. The zero-order valence-corrected chi connectivity index (χ0v) is 9.57. The number of hydrogen-bond donors (Lipinski definition) is 1. The highest BCUT2D eigenvalue weighted by molar-refractivity contribution is 5.28. The fourth-order valence-electron chi connectivity index (χ4n) is 1.63. The number of nitrogen functional groups attached to an aromatic ring is 1. The second-order valence-electron chi connectivity index (χ2n) is 3.88. The summed E-state index contributed by atoms with van der Waals surface area (Å²) in [6.45, 7) is 0. The number of aryl methyl sites for hydroxylation is 1. The van der Waals surface area contributed by atoms with Gasteiger partial charge in [0.15, 0.2) is 0 Å². The smallest absolute Gasteiger partial charge is 0.366 e. The van der Waals surface area contributed by atoms with Gasteiger partial charge in [-0.2, -0.15) is 18.2 Å². The van der Waals surface area contributed by atoms with Crippen molar-refractivity contribution in [1.82, 2.24) is 14.8 Å². The first-order valence-electron chi connectivity index (χ1n) is 5.18. The summed E-state index contributed by atoms with van der Waals surface area (Å²) >= 11 is 0. The molecule has 0 atom stereocenters. The average molecular weight is 256 g/mol. The van der Waals surface area contributed by atoms with E-state index in [-0.39, 0.29) is 12.4 Å². The monoisotopic (exact) mass is 256 g/mol. The molecule has 0 unspecified atom stereocenters. The molecule has 0 amide bonds. The van der Waals surface area contributed by atoms with Gasteiger partial charge in [-0.15, -0.1) is 5.10 Å². The predicted octanol–water partition coefficient (Wildman–Crippen LogP) is 2.01. The number of nitrogens with zero attached hydrogens (tertiary/aromatic N) is 3. The van der Waals surface area contributed by atoms with Crippen LogP contribution in [0, 0.1) is 0 Å². The second-order valence-corrected chi connectivity index (χ2v) is 3.88. The van der Waals surface area contributed by atoms with Gasteiger partial charge in [0, 0.05) is 13.5 Å². The Morgan fingerprint density at radius 2 is 2.06 bits per heavy atom. The van der Waals surface area contributed by atoms with Crippen LogP contribution in [0.1, 0.15) is 17.0 Å². The van der Waals surface area contributed by atoms with Crippen LogP contribution in [0.15, 0.2) is 24.3 Å². The highest BCUT2D eigenvalue weighted by Gasteiger charge is 2.30. The Kier molecular flexibility index (Phi) is 2.98. The van der Waals surface area contributed by atoms with Crippen LogP contribution in [-0.2, 0) is 19.6 Å². The van der Waals surface area contributed by atoms with Gasteiger partial charge >= 0.3 is 6.18 Å². The number of benzene rings is 1. The molecular weight excluding hydrogens is 245 g/mol. The highest BCUT2D eigenvalue weighted by Crippen LogP contribution is 2.29. The molecule has 2 N–H and O–H groups in total. The van der Waals surface area contributed by atoms with E-state index < -0.39 is 11.7 Å². The minimum absolute atomic E-state index is 0.111. The average Bonchev–Trinajstić information content (AvgIpc) is 2.56. The van der Waals surface area contributed by atoms with Crippen LogP contribution in [0.5, 0.6) is 0 Å². The Hall–Kier alpha value is -2.05.